The fourth-order valence-electron chi connectivity index (χ4n) is 3.14. The highest BCUT2D eigenvalue weighted by Gasteiger charge is 2.23. The van der Waals surface area contributed by atoms with Crippen LogP contribution in [-0.2, 0) is 11.3 Å². The Hall–Kier alpha value is -2.80. The van der Waals surface area contributed by atoms with E-state index in [2.05, 4.69) is 21.4 Å². The van der Waals surface area contributed by atoms with Crippen LogP contribution in [0.5, 0.6) is 0 Å². The number of carbonyl (C=O) groups excluding carboxylic acids is 1. The van der Waals surface area contributed by atoms with E-state index in [1.165, 1.54) is 6.07 Å². The van der Waals surface area contributed by atoms with Gasteiger partial charge in [0.2, 0.25) is 11.9 Å². The zero-order valence-corrected chi connectivity index (χ0v) is 15.3. The van der Waals surface area contributed by atoms with Gasteiger partial charge in [-0.1, -0.05) is 24.3 Å². The number of hydrogen-bond donors (Lipinski definition) is 0. The van der Waals surface area contributed by atoms with Crippen molar-refractivity contribution in [3.05, 3.63) is 66.8 Å². The molecule has 0 atom stereocenters. The number of piperazine rings is 1. The molecule has 2 heterocycles. The molecule has 1 aliphatic rings. The second-order valence-electron chi connectivity index (χ2n) is 6.47. The van der Waals surface area contributed by atoms with Crippen LogP contribution in [0.25, 0.3) is 0 Å². The van der Waals surface area contributed by atoms with Gasteiger partial charge in [0.25, 0.3) is 0 Å². The Labute approximate surface area is 158 Å². The smallest absolute Gasteiger partial charge is 0.236 e. The van der Waals surface area contributed by atoms with Gasteiger partial charge in [-0.15, -0.1) is 6.58 Å². The molecule has 3 rings (SSSR count). The molecule has 1 saturated heterocycles. The molecule has 0 saturated carbocycles. The van der Waals surface area contributed by atoms with Crippen LogP contribution < -0.4 is 4.90 Å². The Morgan fingerprint density at radius 2 is 1.85 bits per heavy atom. The molecule has 0 aliphatic carbocycles. The lowest BCUT2D eigenvalue weighted by atomic mass is 10.2. The lowest BCUT2D eigenvalue weighted by molar-refractivity contribution is -0.132. The van der Waals surface area contributed by atoms with E-state index in [1.54, 1.807) is 42.7 Å². The van der Waals surface area contributed by atoms with Gasteiger partial charge in [0.05, 0.1) is 6.54 Å². The van der Waals surface area contributed by atoms with Crippen molar-refractivity contribution >= 4 is 11.9 Å². The maximum Gasteiger partial charge on any atom is 0.236 e. The molecule has 0 spiro atoms. The maximum absolute atomic E-state index is 13.9. The number of halogens is 1. The monoisotopic (exact) mass is 369 g/mol. The van der Waals surface area contributed by atoms with Crippen LogP contribution in [0.3, 0.4) is 0 Å². The van der Waals surface area contributed by atoms with Gasteiger partial charge >= 0.3 is 0 Å². The van der Waals surface area contributed by atoms with Crippen LogP contribution >= 0.6 is 0 Å². The zero-order chi connectivity index (χ0) is 19.1. The molecule has 6 nitrogen and oxygen atoms in total. The average Bonchev–Trinajstić information content (AvgIpc) is 2.70. The van der Waals surface area contributed by atoms with Gasteiger partial charge in [-0.2, -0.15) is 0 Å². The Bertz CT molecular complexity index is 762. The summed E-state index contributed by atoms with van der Waals surface area (Å²) in [5.74, 6) is 0.481. The minimum absolute atomic E-state index is 0.0434. The van der Waals surface area contributed by atoms with Gasteiger partial charge in [0, 0.05) is 57.2 Å². The summed E-state index contributed by atoms with van der Waals surface area (Å²) in [6, 6.07) is 8.44. The van der Waals surface area contributed by atoms with Crippen molar-refractivity contribution in [2.45, 2.75) is 6.54 Å². The van der Waals surface area contributed by atoms with E-state index < -0.39 is 0 Å². The predicted molar refractivity (Wildman–Crippen MR) is 103 cm³/mol. The highest BCUT2D eigenvalue weighted by atomic mass is 19.1. The molecule has 1 amide bonds. The molecule has 1 aromatic heterocycles. The van der Waals surface area contributed by atoms with Crippen LogP contribution in [0.15, 0.2) is 55.4 Å². The van der Waals surface area contributed by atoms with Gasteiger partial charge < -0.3 is 9.80 Å². The summed E-state index contributed by atoms with van der Waals surface area (Å²) >= 11 is 0. The molecular formula is C20H24FN5O. The van der Waals surface area contributed by atoms with Crippen LogP contribution in [0.2, 0.25) is 0 Å². The number of amides is 1. The van der Waals surface area contributed by atoms with Crippen molar-refractivity contribution in [3.63, 3.8) is 0 Å². The Morgan fingerprint density at radius 1 is 1.15 bits per heavy atom. The summed E-state index contributed by atoms with van der Waals surface area (Å²) in [7, 11) is 0. The van der Waals surface area contributed by atoms with E-state index in [0.717, 1.165) is 0 Å². The summed E-state index contributed by atoms with van der Waals surface area (Å²) in [4.78, 5) is 27.0. The van der Waals surface area contributed by atoms with Crippen molar-refractivity contribution in [2.75, 3.05) is 44.2 Å². The van der Waals surface area contributed by atoms with E-state index >= 15 is 0 Å². The minimum atomic E-state index is -0.254. The van der Waals surface area contributed by atoms with Crippen LogP contribution in [0, 0.1) is 5.82 Å². The molecule has 0 unspecified atom stereocenters. The van der Waals surface area contributed by atoms with E-state index in [-0.39, 0.29) is 18.3 Å². The van der Waals surface area contributed by atoms with Gasteiger partial charge in [-0.05, 0) is 12.1 Å². The average molecular weight is 369 g/mol. The topological polar surface area (TPSA) is 52.6 Å². The number of anilines is 1. The quantitative estimate of drug-likeness (QED) is 0.699. The van der Waals surface area contributed by atoms with E-state index in [1.807, 2.05) is 9.80 Å². The summed E-state index contributed by atoms with van der Waals surface area (Å²) in [5, 5.41) is 0. The number of rotatable bonds is 7. The van der Waals surface area contributed by atoms with Crippen molar-refractivity contribution in [1.29, 1.82) is 0 Å². The first-order valence-electron chi connectivity index (χ1n) is 9.04. The van der Waals surface area contributed by atoms with Crippen LogP contribution in [0.1, 0.15) is 5.56 Å². The first kappa shape index (κ1) is 19.0. The highest BCUT2D eigenvalue weighted by Crippen LogP contribution is 2.12. The Kier molecular flexibility index (Phi) is 6.49. The Balaban J connectivity index is 1.55. The molecule has 0 radical (unpaired) electrons. The number of nitrogens with zero attached hydrogens (tertiary/aromatic N) is 5. The van der Waals surface area contributed by atoms with Crippen molar-refractivity contribution < 1.29 is 9.18 Å². The maximum atomic E-state index is 13.9. The lowest BCUT2D eigenvalue weighted by Crippen LogP contribution is -2.51. The summed E-state index contributed by atoms with van der Waals surface area (Å²) in [6.45, 7) is 7.53. The normalized spacial score (nSPS) is 14.4. The highest BCUT2D eigenvalue weighted by molar-refractivity contribution is 5.78. The van der Waals surface area contributed by atoms with E-state index in [9.17, 15) is 9.18 Å². The van der Waals surface area contributed by atoms with Crippen molar-refractivity contribution in [2.24, 2.45) is 0 Å². The second-order valence-corrected chi connectivity index (χ2v) is 6.47. The molecule has 142 valence electrons. The van der Waals surface area contributed by atoms with E-state index in [0.29, 0.717) is 50.8 Å². The summed E-state index contributed by atoms with van der Waals surface area (Å²) < 4.78 is 13.9. The molecule has 1 fully saturated rings. The molecule has 0 bridgehead atoms. The minimum Gasteiger partial charge on any atom is -0.338 e. The molecule has 1 aliphatic heterocycles. The third-order valence-electron chi connectivity index (χ3n) is 4.57. The standard InChI is InChI=1S/C20H24FN5O/c1-2-10-24(15-17-6-3-4-7-18(17)21)16-19(27)25-11-13-26(14-12-25)20-22-8-5-9-23-20/h2-9H,1,10-16H2. The fraction of sp³-hybridized carbons (Fsp3) is 0.350. The number of aromatic nitrogens is 2. The Morgan fingerprint density at radius 3 is 2.52 bits per heavy atom. The van der Waals surface area contributed by atoms with Crippen molar-refractivity contribution in [3.8, 4) is 0 Å². The first-order chi connectivity index (χ1) is 13.2. The first-order valence-corrected chi connectivity index (χ1v) is 9.04. The molecule has 1 aromatic carbocycles. The van der Waals surface area contributed by atoms with E-state index in [4.69, 9.17) is 0 Å². The largest absolute Gasteiger partial charge is 0.338 e. The fourth-order valence-corrected chi connectivity index (χ4v) is 3.14. The lowest BCUT2D eigenvalue weighted by Gasteiger charge is -2.35. The molecule has 7 heteroatoms. The molecule has 27 heavy (non-hydrogen) atoms. The van der Waals surface area contributed by atoms with Crippen LogP contribution in [-0.4, -0.2) is 64.9 Å². The third kappa shape index (κ3) is 5.10. The van der Waals surface area contributed by atoms with Crippen molar-refractivity contribution in [1.82, 2.24) is 19.8 Å². The van der Waals surface area contributed by atoms with Gasteiger partial charge in [0.15, 0.2) is 0 Å². The molecule has 0 N–H and O–H groups in total. The zero-order valence-electron chi connectivity index (χ0n) is 15.3. The predicted octanol–water partition coefficient (Wildman–Crippen LogP) is 1.95. The number of benzene rings is 1. The number of carbonyl (C=O) groups is 1. The second kappa shape index (κ2) is 9.23. The van der Waals surface area contributed by atoms with Gasteiger partial charge in [-0.25, -0.2) is 14.4 Å². The molecule has 2 aromatic rings. The SMILES string of the molecule is C=CCN(CC(=O)N1CCN(c2ncccn2)CC1)Cc1ccccc1F. The van der Waals surface area contributed by atoms with Crippen LogP contribution in [0.4, 0.5) is 10.3 Å². The summed E-state index contributed by atoms with van der Waals surface area (Å²) in [6.07, 6.45) is 5.17. The molecular weight excluding hydrogens is 345 g/mol. The summed E-state index contributed by atoms with van der Waals surface area (Å²) in [5.41, 5.74) is 0.582. The number of hydrogen-bond acceptors (Lipinski definition) is 5. The third-order valence-corrected chi connectivity index (χ3v) is 4.57. The van der Waals surface area contributed by atoms with Gasteiger partial charge in [-0.3, -0.25) is 9.69 Å². The van der Waals surface area contributed by atoms with Gasteiger partial charge in [0.1, 0.15) is 5.82 Å².